The number of likely N-dealkylation sites (tertiary alicyclic amines) is 1. The summed E-state index contributed by atoms with van der Waals surface area (Å²) >= 11 is 1.34. The van der Waals surface area contributed by atoms with Crippen molar-refractivity contribution in [3.8, 4) is 5.69 Å². The fourth-order valence-corrected chi connectivity index (χ4v) is 4.43. The Hall–Kier alpha value is -3.13. The standard InChI is InChI=1S/C24H27N5O2S/c1-17-9-10-21(12-18(17)2)29-16-25-27-24(29)32-15-22(30)26-20-7-5-6-19(13-20)14-28-11-4-3-8-23(28)31/h5-7,9-10,12-13,16H,3-4,8,11,14-15H2,1-2H3,(H,26,30). The Labute approximate surface area is 192 Å². The number of hydrogen-bond donors (Lipinski definition) is 1. The first kappa shape index (κ1) is 22.1. The zero-order valence-electron chi connectivity index (χ0n) is 18.4. The summed E-state index contributed by atoms with van der Waals surface area (Å²) in [6.07, 6.45) is 4.31. The van der Waals surface area contributed by atoms with E-state index in [1.807, 2.05) is 39.8 Å². The number of thioether (sulfide) groups is 1. The van der Waals surface area contributed by atoms with Crippen LogP contribution in [-0.4, -0.2) is 43.8 Å². The molecule has 1 fully saturated rings. The Morgan fingerprint density at radius 3 is 2.81 bits per heavy atom. The Bertz CT molecular complexity index is 1130. The van der Waals surface area contributed by atoms with Gasteiger partial charge in [0.2, 0.25) is 11.8 Å². The first-order chi connectivity index (χ1) is 15.5. The average molecular weight is 450 g/mol. The van der Waals surface area contributed by atoms with Gasteiger partial charge in [-0.15, -0.1) is 10.2 Å². The van der Waals surface area contributed by atoms with E-state index in [2.05, 4.69) is 41.5 Å². The monoisotopic (exact) mass is 449 g/mol. The fraction of sp³-hybridized carbons (Fsp3) is 0.333. The molecule has 2 heterocycles. The third kappa shape index (κ3) is 5.37. The number of anilines is 1. The summed E-state index contributed by atoms with van der Waals surface area (Å²) in [7, 11) is 0. The Morgan fingerprint density at radius 2 is 2.00 bits per heavy atom. The van der Waals surface area contributed by atoms with Crippen molar-refractivity contribution in [2.24, 2.45) is 0 Å². The van der Waals surface area contributed by atoms with Crippen LogP contribution in [0.15, 0.2) is 53.9 Å². The Kier molecular flexibility index (Phi) is 6.90. The highest BCUT2D eigenvalue weighted by atomic mass is 32.2. The van der Waals surface area contributed by atoms with Crippen molar-refractivity contribution >= 4 is 29.3 Å². The quantitative estimate of drug-likeness (QED) is 0.549. The maximum atomic E-state index is 12.6. The molecule has 1 aromatic heterocycles. The van der Waals surface area contributed by atoms with E-state index in [1.165, 1.54) is 22.9 Å². The highest BCUT2D eigenvalue weighted by Crippen LogP contribution is 2.22. The molecule has 8 heteroatoms. The summed E-state index contributed by atoms with van der Waals surface area (Å²) in [4.78, 5) is 26.5. The zero-order chi connectivity index (χ0) is 22.5. The van der Waals surface area contributed by atoms with E-state index in [1.54, 1.807) is 6.33 Å². The number of hydrogen-bond acceptors (Lipinski definition) is 5. The molecule has 0 aliphatic carbocycles. The second kappa shape index (κ2) is 9.99. The van der Waals surface area contributed by atoms with Crippen LogP contribution in [0.25, 0.3) is 5.69 Å². The van der Waals surface area contributed by atoms with Gasteiger partial charge in [0.15, 0.2) is 5.16 Å². The number of rotatable bonds is 7. The van der Waals surface area contributed by atoms with Gasteiger partial charge in [-0.2, -0.15) is 0 Å². The summed E-state index contributed by atoms with van der Waals surface area (Å²) < 4.78 is 1.89. The number of amides is 2. The van der Waals surface area contributed by atoms with E-state index in [0.717, 1.165) is 36.3 Å². The second-order valence-corrected chi connectivity index (χ2v) is 9.00. The van der Waals surface area contributed by atoms with Crippen molar-refractivity contribution in [2.75, 3.05) is 17.6 Å². The van der Waals surface area contributed by atoms with Crippen molar-refractivity contribution in [3.63, 3.8) is 0 Å². The number of carbonyl (C=O) groups excluding carboxylic acids is 2. The topological polar surface area (TPSA) is 80.1 Å². The summed E-state index contributed by atoms with van der Waals surface area (Å²) in [6, 6.07) is 13.9. The lowest BCUT2D eigenvalue weighted by Gasteiger charge is -2.26. The van der Waals surface area contributed by atoms with Gasteiger partial charge >= 0.3 is 0 Å². The fourth-order valence-electron chi connectivity index (χ4n) is 3.70. The lowest BCUT2D eigenvalue weighted by Crippen LogP contribution is -2.34. The van der Waals surface area contributed by atoms with Crippen molar-refractivity contribution < 1.29 is 9.59 Å². The van der Waals surface area contributed by atoms with E-state index in [0.29, 0.717) is 18.1 Å². The number of aryl methyl sites for hydroxylation is 2. The van der Waals surface area contributed by atoms with Gasteiger partial charge in [0, 0.05) is 30.9 Å². The third-order valence-corrected chi connectivity index (χ3v) is 6.57. The van der Waals surface area contributed by atoms with Gasteiger partial charge in [-0.3, -0.25) is 14.2 Å². The van der Waals surface area contributed by atoms with E-state index in [9.17, 15) is 9.59 Å². The van der Waals surface area contributed by atoms with Gasteiger partial charge in [-0.25, -0.2) is 0 Å². The van der Waals surface area contributed by atoms with Gasteiger partial charge in [0.05, 0.1) is 5.75 Å². The van der Waals surface area contributed by atoms with Crippen LogP contribution >= 0.6 is 11.8 Å². The number of nitrogens with one attached hydrogen (secondary N) is 1. The third-order valence-electron chi connectivity index (χ3n) is 5.62. The lowest BCUT2D eigenvalue weighted by molar-refractivity contribution is -0.133. The number of aromatic nitrogens is 3. The first-order valence-corrected chi connectivity index (χ1v) is 11.7. The molecule has 2 amide bonds. The molecule has 4 rings (SSSR count). The molecular formula is C24H27N5O2S. The molecule has 2 aromatic carbocycles. The molecule has 1 aliphatic rings. The van der Waals surface area contributed by atoms with Crippen LogP contribution in [0.5, 0.6) is 0 Å². The minimum Gasteiger partial charge on any atom is -0.338 e. The molecule has 0 atom stereocenters. The SMILES string of the molecule is Cc1ccc(-n2cnnc2SCC(=O)Nc2cccc(CN3CCCCC3=O)c2)cc1C. The summed E-state index contributed by atoms with van der Waals surface area (Å²) in [6.45, 7) is 5.52. The molecule has 3 aromatic rings. The van der Waals surface area contributed by atoms with Crippen LogP contribution in [0.2, 0.25) is 0 Å². The number of carbonyl (C=O) groups is 2. The second-order valence-electron chi connectivity index (χ2n) is 8.06. The molecule has 1 saturated heterocycles. The van der Waals surface area contributed by atoms with Crippen LogP contribution in [-0.2, 0) is 16.1 Å². The number of piperidine rings is 1. The molecule has 1 aliphatic heterocycles. The Balaban J connectivity index is 1.35. The predicted octanol–water partition coefficient (Wildman–Crippen LogP) is 4.13. The maximum absolute atomic E-state index is 12.6. The van der Waals surface area contributed by atoms with E-state index in [4.69, 9.17) is 0 Å². The van der Waals surface area contributed by atoms with Crippen molar-refractivity contribution in [1.29, 1.82) is 0 Å². The van der Waals surface area contributed by atoms with E-state index < -0.39 is 0 Å². The first-order valence-electron chi connectivity index (χ1n) is 10.8. The van der Waals surface area contributed by atoms with Crippen LogP contribution in [0.4, 0.5) is 5.69 Å². The van der Waals surface area contributed by atoms with Crippen molar-refractivity contribution in [2.45, 2.75) is 44.8 Å². The van der Waals surface area contributed by atoms with Gasteiger partial charge in [-0.05, 0) is 67.6 Å². The van der Waals surface area contributed by atoms with Gasteiger partial charge in [-0.1, -0.05) is 30.0 Å². The van der Waals surface area contributed by atoms with Crippen molar-refractivity contribution in [3.05, 3.63) is 65.5 Å². The van der Waals surface area contributed by atoms with Crippen LogP contribution in [0.3, 0.4) is 0 Å². The summed E-state index contributed by atoms with van der Waals surface area (Å²) in [5, 5.41) is 11.8. The highest BCUT2D eigenvalue weighted by molar-refractivity contribution is 7.99. The van der Waals surface area contributed by atoms with E-state index >= 15 is 0 Å². The van der Waals surface area contributed by atoms with Crippen LogP contribution < -0.4 is 5.32 Å². The van der Waals surface area contributed by atoms with Crippen LogP contribution in [0, 0.1) is 13.8 Å². The Morgan fingerprint density at radius 1 is 1.12 bits per heavy atom. The van der Waals surface area contributed by atoms with Crippen molar-refractivity contribution in [1.82, 2.24) is 19.7 Å². The minimum atomic E-state index is -0.115. The van der Waals surface area contributed by atoms with E-state index in [-0.39, 0.29) is 17.6 Å². The molecule has 0 saturated carbocycles. The predicted molar refractivity (Wildman–Crippen MR) is 126 cm³/mol. The molecule has 0 bridgehead atoms. The molecule has 0 unspecified atom stereocenters. The molecule has 166 valence electrons. The normalized spacial score (nSPS) is 13.9. The van der Waals surface area contributed by atoms with Crippen LogP contribution in [0.1, 0.15) is 36.0 Å². The molecule has 7 nitrogen and oxygen atoms in total. The lowest BCUT2D eigenvalue weighted by atomic mass is 10.1. The molecule has 32 heavy (non-hydrogen) atoms. The highest BCUT2D eigenvalue weighted by Gasteiger charge is 2.18. The largest absolute Gasteiger partial charge is 0.338 e. The maximum Gasteiger partial charge on any atom is 0.234 e. The average Bonchev–Trinajstić information content (AvgIpc) is 3.25. The number of nitrogens with zero attached hydrogens (tertiary/aromatic N) is 4. The molecular weight excluding hydrogens is 422 g/mol. The zero-order valence-corrected chi connectivity index (χ0v) is 19.2. The molecule has 0 radical (unpaired) electrons. The molecule has 1 N–H and O–H groups in total. The molecule has 0 spiro atoms. The smallest absolute Gasteiger partial charge is 0.234 e. The van der Waals surface area contributed by atoms with Gasteiger partial charge in [0.25, 0.3) is 0 Å². The van der Waals surface area contributed by atoms with Gasteiger partial charge in [0.1, 0.15) is 6.33 Å². The summed E-state index contributed by atoms with van der Waals surface area (Å²) in [5.41, 5.74) is 5.13. The summed E-state index contributed by atoms with van der Waals surface area (Å²) in [5.74, 6) is 0.309. The minimum absolute atomic E-state index is 0.115. The van der Waals surface area contributed by atoms with Gasteiger partial charge < -0.3 is 10.2 Å². The number of benzene rings is 2.